The molecule has 2 aromatic rings. The van der Waals surface area contributed by atoms with E-state index in [1.165, 1.54) is 6.33 Å². The van der Waals surface area contributed by atoms with Gasteiger partial charge in [-0.05, 0) is 0 Å². The van der Waals surface area contributed by atoms with E-state index in [4.69, 9.17) is 9.88 Å². The first-order valence-electron chi connectivity index (χ1n) is 6.74. The second-order valence-electron chi connectivity index (χ2n) is 4.56. The van der Waals surface area contributed by atoms with Crippen molar-refractivity contribution in [1.82, 2.24) is 9.97 Å². The molecule has 0 saturated heterocycles. The Morgan fingerprint density at radius 1 is 1.14 bits per heavy atom. The number of anilines is 1. The highest BCUT2D eigenvalue weighted by atomic mass is 32.2. The van der Waals surface area contributed by atoms with Crippen molar-refractivity contribution < 1.29 is 13.2 Å². The highest BCUT2D eigenvalue weighted by Gasteiger charge is 2.03. The average Bonchev–Trinajstić information content (AvgIpc) is 2.51. The molecule has 22 heavy (non-hydrogen) atoms. The molecule has 0 unspecified atom stereocenters. The summed E-state index contributed by atoms with van der Waals surface area (Å²) in [5, 5.41) is 7.97. The van der Waals surface area contributed by atoms with Gasteiger partial charge < -0.3 is 10.1 Å². The molecule has 0 saturated carbocycles. The Morgan fingerprint density at radius 2 is 1.91 bits per heavy atom. The lowest BCUT2D eigenvalue weighted by atomic mass is 10.1. The molecule has 0 spiro atoms. The first kappa shape index (κ1) is 16.3. The normalized spacial score (nSPS) is 11.3. The number of aromatic nitrogens is 2. The lowest BCUT2D eigenvalue weighted by Crippen LogP contribution is -2.21. The summed E-state index contributed by atoms with van der Waals surface area (Å²) in [4.78, 5) is 8.36. The molecule has 0 amide bonds. The van der Waals surface area contributed by atoms with Crippen molar-refractivity contribution in [1.29, 1.82) is 0 Å². The van der Waals surface area contributed by atoms with Crippen LogP contribution in [0.25, 0.3) is 11.3 Å². The van der Waals surface area contributed by atoms with Crippen LogP contribution in [0.3, 0.4) is 0 Å². The van der Waals surface area contributed by atoms with Crippen molar-refractivity contribution >= 4 is 15.8 Å². The van der Waals surface area contributed by atoms with Crippen LogP contribution in [0.5, 0.6) is 0 Å². The van der Waals surface area contributed by atoms with Gasteiger partial charge in [-0.3, -0.25) is 0 Å². The van der Waals surface area contributed by atoms with E-state index < -0.39 is 10.0 Å². The van der Waals surface area contributed by atoms with Crippen LogP contribution in [-0.2, 0) is 14.8 Å². The predicted octanol–water partition coefficient (Wildman–Crippen LogP) is 0.861. The molecule has 0 aliphatic carbocycles. The van der Waals surface area contributed by atoms with E-state index in [1.54, 1.807) is 0 Å². The monoisotopic (exact) mass is 322 g/mol. The first-order valence-corrected chi connectivity index (χ1v) is 8.46. The molecule has 0 atom stereocenters. The molecule has 1 aromatic carbocycles. The number of hydrogen-bond donors (Lipinski definition) is 2. The second-order valence-corrected chi connectivity index (χ2v) is 6.29. The summed E-state index contributed by atoms with van der Waals surface area (Å²) >= 11 is 0. The fraction of sp³-hybridized carbons (Fsp3) is 0.286. The predicted molar refractivity (Wildman–Crippen MR) is 84.8 cm³/mol. The summed E-state index contributed by atoms with van der Waals surface area (Å²) in [5.74, 6) is 0.502. The Bertz CT molecular complexity index is 692. The van der Waals surface area contributed by atoms with Crippen molar-refractivity contribution in [3.63, 3.8) is 0 Å². The number of nitrogens with zero attached hydrogens (tertiary/aromatic N) is 2. The molecule has 0 aliphatic heterocycles. The minimum Gasteiger partial charge on any atom is -0.379 e. The van der Waals surface area contributed by atoms with Crippen molar-refractivity contribution in [3.8, 4) is 11.3 Å². The van der Waals surface area contributed by atoms with Gasteiger partial charge in [-0.25, -0.2) is 23.5 Å². The Balaban J connectivity index is 1.79. The van der Waals surface area contributed by atoms with Gasteiger partial charge in [-0.15, -0.1) is 0 Å². The summed E-state index contributed by atoms with van der Waals surface area (Å²) in [6.07, 6.45) is 1.49. The van der Waals surface area contributed by atoms with E-state index in [9.17, 15) is 8.42 Å². The van der Waals surface area contributed by atoms with Crippen LogP contribution >= 0.6 is 0 Å². The van der Waals surface area contributed by atoms with Crippen LogP contribution in [0.1, 0.15) is 0 Å². The lowest BCUT2D eigenvalue weighted by molar-refractivity contribution is 0.159. The third kappa shape index (κ3) is 5.76. The van der Waals surface area contributed by atoms with Gasteiger partial charge in [0.1, 0.15) is 12.1 Å². The molecule has 8 heteroatoms. The van der Waals surface area contributed by atoms with E-state index >= 15 is 0 Å². The van der Waals surface area contributed by atoms with Crippen LogP contribution in [-0.4, -0.2) is 43.9 Å². The summed E-state index contributed by atoms with van der Waals surface area (Å²) in [7, 11) is -3.47. The molecule has 0 aliphatic rings. The third-order valence-corrected chi connectivity index (χ3v) is 3.54. The fourth-order valence-corrected chi connectivity index (χ4v) is 2.10. The van der Waals surface area contributed by atoms with Crippen molar-refractivity contribution in [2.45, 2.75) is 0 Å². The number of hydrogen-bond acceptors (Lipinski definition) is 6. The van der Waals surface area contributed by atoms with Crippen LogP contribution in [0.4, 0.5) is 5.82 Å². The van der Waals surface area contributed by atoms with E-state index in [0.29, 0.717) is 19.0 Å². The van der Waals surface area contributed by atoms with Crippen molar-refractivity contribution in [3.05, 3.63) is 42.7 Å². The molecule has 0 radical (unpaired) electrons. The summed E-state index contributed by atoms with van der Waals surface area (Å²) in [5.41, 5.74) is 1.84. The van der Waals surface area contributed by atoms with Gasteiger partial charge >= 0.3 is 0 Å². The molecule has 118 valence electrons. The van der Waals surface area contributed by atoms with Crippen molar-refractivity contribution in [2.24, 2.45) is 5.14 Å². The van der Waals surface area contributed by atoms with Gasteiger partial charge in [-0.2, -0.15) is 0 Å². The summed E-state index contributed by atoms with van der Waals surface area (Å²) in [6.45, 7) is 0.954. The Morgan fingerprint density at radius 3 is 2.64 bits per heavy atom. The number of primary sulfonamides is 1. The zero-order valence-electron chi connectivity index (χ0n) is 12.0. The Kier molecular flexibility index (Phi) is 5.82. The number of rotatable bonds is 8. The lowest BCUT2D eigenvalue weighted by Gasteiger charge is -2.07. The second kappa shape index (κ2) is 7.83. The van der Waals surface area contributed by atoms with E-state index in [2.05, 4.69) is 15.3 Å². The molecule has 1 aromatic heterocycles. The highest BCUT2D eigenvalue weighted by molar-refractivity contribution is 7.89. The quantitative estimate of drug-likeness (QED) is 0.698. The van der Waals surface area contributed by atoms with Gasteiger partial charge in [0.2, 0.25) is 10.0 Å². The molecule has 0 fully saturated rings. The number of nitrogens with one attached hydrogen (secondary N) is 1. The van der Waals surface area contributed by atoms with Crippen LogP contribution < -0.4 is 10.5 Å². The smallest absolute Gasteiger partial charge is 0.211 e. The number of nitrogens with two attached hydrogens (primary N) is 1. The van der Waals surface area contributed by atoms with Crippen LogP contribution in [0.15, 0.2) is 42.7 Å². The van der Waals surface area contributed by atoms with Gasteiger partial charge in [0.15, 0.2) is 0 Å². The van der Waals surface area contributed by atoms with Crippen molar-refractivity contribution in [2.75, 3.05) is 30.8 Å². The van der Waals surface area contributed by atoms with E-state index in [-0.39, 0.29) is 12.4 Å². The fourth-order valence-electron chi connectivity index (χ4n) is 1.75. The van der Waals surface area contributed by atoms with Gasteiger partial charge in [0.25, 0.3) is 0 Å². The number of ether oxygens (including phenoxy) is 1. The maximum Gasteiger partial charge on any atom is 0.211 e. The Labute approximate surface area is 129 Å². The zero-order chi connectivity index (χ0) is 15.8. The summed E-state index contributed by atoms with van der Waals surface area (Å²) in [6, 6.07) is 11.6. The third-order valence-electron chi connectivity index (χ3n) is 2.80. The minimum atomic E-state index is -3.47. The molecular weight excluding hydrogens is 304 g/mol. The van der Waals surface area contributed by atoms with Gasteiger partial charge in [0.05, 0.1) is 24.7 Å². The highest BCUT2D eigenvalue weighted by Crippen LogP contribution is 2.17. The molecule has 1 heterocycles. The molecule has 3 N–H and O–H groups in total. The van der Waals surface area contributed by atoms with Gasteiger partial charge in [0, 0.05) is 18.2 Å². The number of sulfonamides is 1. The topological polar surface area (TPSA) is 107 Å². The number of benzene rings is 1. The minimum absolute atomic E-state index is 0.0829. The molecule has 2 rings (SSSR count). The first-order chi connectivity index (χ1) is 10.5. The van der Waals surface area contributed by atoms with Crippen LogP contribution in [0, 0.1) is 0 Å². The largest absolute Gasteiger partial charge is 0.379 e. The van der Waals surface area contributed by atoms with E-state index in [0.717, 1.165) is 11.3 Å². The van der Waals surface area contributed by atoms with Gasteiger partial charge in [-0.1, -0.05) is 30.3 Å². The standard InChI is InChI=1S/C14H18N4O3S/c15-22(19,20)9-8-21-7-6-16-14-10-13(17-11-18-14)12-4-2-1-3-5-12/h1-5,10-11H,6-9H2,(H2,15,19,20)(H,16,17,18). The molecule has 7 nitrogen and oxygen atoms in total. The average molecular weight is 322 g/mol. The zero-order valence-corrected chi connectivity index (χ0v) is 12.8. The maximum absolute atomic E-state index is 10.7. The summed E-state index contributed by atoms with van der Waals surface area (Å²) < 4.78 is 26.6. The Hall–Kier alpha value is -2.03. The molecular formula is C14H18N4O3S. The SMILES string of the molecule is NS(=O)(=O)CCOCCNc1cc(-c2ccccc2)ncn1. The van der Waals surface area contributed by atoms with E-state index in [1.807, 2.05) is 36.4 Å². The van der Waals surface area contributed by atoms with Crippen LogP contribution in [0.2, 0.25) is 0 Å². The molecule has 0 bridgehead atoms. The maximum atomic E-state index is 10.7.